The predicted molar refractivity (Wildman–Crippen MR) is 99.4 cm³/mol. The summed E-state index contributed by atoms with van der Waals surface area (Å²) in [6.07, 6.45) is 0.0852. The molecule has 26 heavy (non-hydrogen) atoms. The van der Waals surface area contributed by atoms with Gasteiger partial charge in [0.05, 0.1) is 21.2 Å². The molecule has 1 aromatic heterocycles. The fraction of sp³-hybridized carbons (Fsp3) is 0.118. The third-order valence-electron chi connectivity index (χ3n) is 3.47. The molecule has 0 aliphatic rings. The number of nitriles is 1. The van der Waals surface area contributed by atoms with Crippen molar-refractivity contribution in [1.29, 1.82) is 5.26 Å². The first kappa shape index (κ1) is 18.0. The number of para-hydroxylation sites is 1. The third kappa shape index (κ3) is 4.05. The lowest BCUT2D eigenvalue weighted by Gasteiger charge is -2.06. The highest BCUT2D eigenvalue weighted by Gasteiger charge is 2.15. The highest BCUT2D eigenvalue weighted by atomic mass is 32.2. The van der Waals surface area contributed by atoms with Crippen molar-refractivity contribution in [2.75, 3.05) is 11.9 Å². The Morgan fingerprint density at radius 1 is 1.15 bits per heavy atom. The first-order valence-electron chi connectivity index (χ1n) is 7.63. The van der Waals surface area contributed by atoms with E-state index >= 15 is 0 Å². The molecular formula is C17H14N4O3S2. The van der Waals surface area contributed by atoms with E-state index in [2.05, 4.69) is 15.0 Å². The number of carbonyl (C=O) groups is 1. The Bertz CT molecular complexity index is 1050. The Morgan fingerprint density at radius 3 is 2.58 bits per heavy atom. The first-order valence-corrected chi connectivity index (χ1v) is 9.93. The average Bonchev–Trinajstić information content (AvgIpc) is 3.04. The molecule has 0 unspecified atom stereocenters. The number of hydrogen-bond acceptors (Lipinski definition) is 6. The van der Waals surface area contributed by atoms with Crippen LogP contribution in [-0.2, 0) is 10.0 Å². The minimum atomic E-state index is -3.69. The number of hydrogen-bond donors (Lipinski definition) is 2. The third-order valence-corrected chi connectivity index (χ3v) is 5.90. The highest BCUT2D eigenvalue weighted by Crippen LogP contribution is 2.25. The average molecular weight is 386 g/mol. The molecule has 132 valence electrons. The molecule has 3 aromatic rings. The van der Waals surface area contributed by atoms with Crippen molar-refractivity contribution in [3.63, 3.8) is 0 Å². The summed E-state index contributed by atoms with van der Waals surface area (Å²) >= 11 is 1.36. The van der Waals surface area contributed by atoms with Crippen molar-refractivity contribution in [3.05, 3.63) is 54.1 Å². The molecule has 1 amide bonds. The second-order valence-corrected chi connectivity index (χ2v) is 8.07. The summed E-state index contributed by atoms with van der Waals surface area (Å²) < 4.78 is 27.4. The number of thiazole rings is 1. The molecule has 9 heteroatoms. The molecule has 0 spiro atoms. The van der Waals surface area contributed by atoms with Gasteiger partial charge in [0, 0.05) is 18.5 Å². The number of fused-ring (bicyclic) bond motifs is 1. The molecule has 0 aliphatic carbocycles. The van der Waals surface area contributed by atoms with Gasteiger partial charge in [-0.05, 0) is 36.4 Å². The summed E-state index contributed by atoms with van der Waals surface area (Å²) in [5.74, 6) is -0.370. The molecule has 0 radical (unpaired) electrons. The van der Waals surface area contributed by atoms with Crippen molar-refractivity contribution >= 4 is 42.6 Å². The molecular weight excluding hydrogens is 372 g/mol. The van der Waals surface area contributed by atoms with E-state index in [9.17, 15) is 13.2 Å². The van der Waals surface area contributed by atoms with E-state index in [1.165, 1.54) is 35.6 Å². The molecule has 2 N–H and O–H groups in total. The molecule has 0 bridgehead atoms. The Kier molecular flexibility index (Phi) is 5.27. The van der Waals surface area contributed by atoms with Crippen LogP contribution in [0.1, 0.15) is 16.8 Å². The standard InChI is InChI=1S/C17H14N4O3S2/c18-10-3-11-19-26(23,24)13-8-6-12(7-9-13)16(22)21-17-20-14-4-1-2-5-15(14)25-17/h1-2,4-9,19H,3,11H2,(H,20,21,22). The SMILES string of the molecule is N#CCCNS(=O)(=O)c1ccc(C(=O)Nc2nc3ccccc3s2)cc1. The number of nitrogens with one attached hydrogen (secondary N) is 2. The number of rotatable bonds is 6. The maximum atomic E-state index is 12.3. The molecule has 7 nitrogen and oxygen atoms in total. The molecule has 2 aromatic carbocycles. The van der Waals surface area contributed by atoms with E-state index < -0.39 is 10.0 Å². The van der Waals surface area contributed by atoms with Crippen molar-refractivity contribution in [1.82, 2.24) is 9.71 Å². The summed E-state index contributed by atoms with van der Waals surface area (Å²) in [6, 6.07) is 15.0. The molecule has 3 rings (SSSR count). The number of sulfonamides is 1. The van der Waals surface area contributed by atoms with E-state index in [1.807, 2.05) is 30.3 Å². The predicted octanol–water partition coefficient (Wildman–Crippen LogP) is 2.74. The zero-order chi connectivity index (χ0) is 18.6. The van der Waals surface area contributed by atoms with E-state index in [0.29, 0.717) is 10.7 Å². The van der Waals surface area contributed by atoms with E-state index in [-0.39, 0.29) is 23.8 Å². The van der Waals surface area contributed by atoms with Gasteiger partial charge in [-0.15, -0.1) is 0 Å². The van der Waals surface area contributed by atoms with E-state index in [4.69, 9.17) is 5.26 Å². The zero-order valence-corrected chi connectivity index (χ0v) is 15.1. The summed E-state index contributed by atoms with van der Waals surface area (Å²) in [7, 11) is -3.69. The fourth-order valence-corrected chi connectivity index (χ4v) is 4.10. The molecule has 0 atom stereocenters. The van der Waals surface area contributed by atoms with Gasteiger partial charge in [0.25, 0.3) is 5.91 Å². The summed E-state index contributed by atoms with van der Waals surface area (Å²) in [5, 5.41) is 11.7. The van der Waals surface area contributed by atoms with Gasteiger partial charge in [-0.25, -0.2) is 18.1 Å². The Morgan fingerprint density at radius 2 is 1.88 bits per heavy atom. The van der Waals surface area contributed by atoms with Gasteiger partial charge in [0.2, 0.25) is 10.0 Å². The number of aromatic nitrogens is 1. The minimum absolute atomic E-state index is 0.0342. The Labute approximate surface area is 154 Å². The van der Waals surface area contributed by atoms with Crippen molar-refractivity contribution in [3.8, 4) is 6.07 Å². The van der Waals surface area contributed by atoms with Crippen LogP contribution in [0.4, 0.5) is 5.13 Å². The minimum Gasteiger partial charge on any atom is -0.298 e. The lowest BCUT2D eigenvalue weighted by Crippen LogP contribution is -2.24. The quantitative estimate of drug-likeness (QED) is 0.633. The summed E-state index contributed by atoms with van der Waals surface area (Å²) in [6.45, 7) is 0.0404. The molecule has 1 heterocycles. The number of anilines is 1. The maximum Gasteiger partial charge on any atom is 0.257 e. The molecule has 0 fully saturated rings. The van der Waals surface area contributed by atoms with Crippen LogP contribution in [0.2, 0.25) is 0 Å². The van der Waals surface area contributed by atoms with Crippen molar-refractivity contribution < 1.29 is 13.2 Å². The summed E-state index contributed by atoms with van der Waals surface area (Å²) in [4.78, 5) is 16.7. The molecule has 0 saturated heterocycles. The Hall–Kier alpha value is -2.80. The topological polar surface area (TPSA) is 112 Å². The van der Waals surface area contributed by atoms with Crippen LogP contribution >= 0.6 is 11.3 Å². The lowest BCUT2D eigenvalue weighted by molar-refractivity contribution is 0.102. The van der Waals surface area contributed by atoms with Crippen LogP contribution in [0.5, 0.6) is 0 Å². The molecule has 0 aliphatic heterocycles. The van der Waals surface area contributed by atoms with Gasteiger partial charge in [0.1, 0.15) is 0 Å². The van der Waals surface area contributed by atoms with Gasteiger partial charge in [0.15, 0.2) is 5.13 Å². The van der Waals surface area contributed by atoms with Crippen LogP contribution in [-0.4, -0.2) is 25.9 Å². The van der Waals surface area contributed by atoms with Gasteiger partial charge in [-0.3, -0.25) is 10.1 Å². The van der Waals surface area contributed by atoms with Crippen molar-refractivity contribution in [2.24, 2.45) is 0 Å². The lowest BCUT2D eigenvalue weighted by atomic mass is 10.2. The first-order chi connectivity index (χ1) is 12.5. The smallest absolute Gasteiger partial charge is 0.257 e. The van der Waals surface area contributed by atoms with Crippen LogP contribution < -0.4 is 10.0 Å². The van der Waals surface area contributed by atoms with Crippen LogP contribution in [0.25, 0.3) is 10.2 Å². The van der Waals surface area contributed by atoms with Gasteiger partial charge in [-0.1, -0.05) is 23.5 Å². The number of nitrogens with zero attached hydrogens (tertiary/aromatic N) is 2. The van der Waals surface area contributed by atoms with Crippen LogP contribution in [0.15, 0.2) is 53.4 Å². The molecule has 0 saturated carbocycles. The number of amides is 1. The van der Waals surface area contributed by atoms with Gasteiger partial charge < -0.3 is 0 Å². The van der Waals surface area contributed by atoms with Crippen LogP contribution in [0.3, 0.4) is 0 Å². The summed E-state index contributed by atoms with van der Waals surface area (Å²) in [5.41, 5.74) is 1.12. The largest absolute Gasteiger partial charge is 0.298 e. The fourth-order valence-electron chi connectivity index (χ4n) is 2.21. The number of benzene rings is 2. The van der Waals surface area contributed by atoms with E-state index in [0.717, 1.165) is 10.2 Å². The second-order valence-electron chi connectivity index (χ2n) is 5.27. The highest BCUT2D eigenvalue weighted by molar-refractivity contribution is 7.89. The van der Waals surface area contributed by atoms with Crippen molar-refractivity contribution in [2.45, 2.75) is 11.3 Å². The van der Waals surface area contributed by atoms with Gasteiger partial charge in [-0.2, -0.15) is 5.26 Å². The Balaban J connectivity index is 1.71. The normalized spacial score (nSPS) is 11.2. The monoisotopic (exact) mass is 386 g/mol. The second kappa shape index (κ2) is 7.61. The zero-order valence-electron chi connectivity index (χ0n) is 13.5. The van der Waals surface area contributed by atoms with E-state index in [1.54, 1.807) is 0 Å². The van der Waals surface area contributed by atoms with Gasteiger partial charge >= 0.3 is 0 Å². The number of carbonyl (C=O) groups excluding carboxylic acids is 1. The van der Waals surface area contributed by atoms with Crippen LogP contribution in [0, 0.1) is 11.3 Å². The maximum absolute atomic E-state index is 12.3.